The van der Waals surface area contributed by atoms with E-state index in [-0.39, 0.29) is 11.3 Å². The molecule has 0 bridgehead atoms. The van der Waals surface area contributed by atoms with Crippen LogP contribution in [0, 0.1) is 0 Å². The third-order valence-electron chi connectivity index (χ3n) is 2.48. The van der Waals surface area contributed by atoms with E-state index in [1.165, 1.54) is 16.4 Å². The largest absolute Gasteiger partial charge is 0.468 e. The van der Waals surface area contributed by atoms with Gasteiger partial charge in [-0.1, -0.05) is 11.8 Å². The summed E-state index contributed by atoms with van der Waals surface area (Å²) in [6.45, 7) is 1.84. The smallest absolute Gasteiger partial charge is 0.339 e. The molecular weight excluding hydrogens is 268 g/mol. The zero-order valence-corrected chi connectivity index (χ0v) is 11.3. The van der Waals surface area contributed by atoms with Crippen LogP contribution in [0.25, 0.3) is 0 Å². The normalized spacial score (nSPS) is 14.3. The molecule has 0 amide bonds. The van der Waals surface area contributed by atoms with Crippen LogP contribution >= 0.6 is 11.8 Å². The SMILES string of the molecule is CC(N)C(Sc1nc(=O)c(=O)[nH]n1C)c1ccco1. The lowest BCUT2D eigenvalue weighted by atomic mass is 10.2. The Balaban J connectivity index is 2.35. The number of thioether (sulfide) groups is 1. The van der Waals surface area contributed by atoms with Crippen LogP contribution < -0.4 is 16.9 Å². The Bertz CT molecular complexity index is 659. The number of nitrogens with one attached hydrogen (secondary N) is 1. The van der Waals surface area contributed by atoms with Gasteiger partial charge in [0.1, 0.15) is 5.76 Å². The Morgan fingerprint density at radius 2 is 2.26 bits per heavy atom. The number of furan rings is 1. The maximum absolute atomic E-state index is 11.3. The summed E-state index contributed by atoms with van der Waals surface area (Å²) in [6.07, 6.45) is 1.56. The number of aromatic nitrogens is 3. The Morgan fingerprint density at radius 3 is 2.84 bits per heavy atom. The predicted molar refractivity (Wildman–Crippen MR) is 71.1 cm³/mol. The van der Waals surface area contributed by atoms with E-state index >= 15 is 0 Å². The third kappa shape index (κ3) is 2.96. The van der Waals surface area contributed by atoms with E-state index in [1.54, 1.807) is 19.4 Å². The molecule has 2 atom stereocenters. The number of hydrogen-bond acceptors (Lipinski definition) is 6. The fourth-order valence-electron chi connectivity index (χ4n) is 1.56. The van der Waals surface area contributed by atoms with E-state index in [0.29, 0.717) is 10.9 Å². The van der Waals surface area contributed by atoms with Crippen molar-refractivity contribution < 1.29 is 4.42 Å². The average molecular weight is 282 g/mol. The topological polar surface area (TPSA) is 107 Å². The summed E-state index contributed by atoms with van der Waals surface area (Å²) in [5, 5.41) is 2.57. The molecule has 3 N–H and O–H groups in total. The van der Waals surface area contributed by atoms with Gasteiger partial charge in [-0.05, 0) is 19.1 Å². The quantitative estimate of drug-likeness (QED) is 0.614. The van der Waals surface area contributed by atoms with Crippen molar-refractivity contribution in [1.29, 1.82) is 0 Å². The van der Waals surface area contributed by atoms with E-state index < -0.39 is 11.1 Å². The van der Waals surface area contributed by atoms with Gasteiger partial charge in [0.25, 0.3) is 0 Å². The predicted octanol–water partition coefficient (Wildman–Crippen LogP) is 0.242. The highest BCUT2D eigenvalue weighted by molar-refractivity contribution is 7.99. The molecule has 2 rings (SSSR count). The van der Waals surface area contributed by atoms with Gasteiger partial charge in [0, 0.05) is 13.1 Å². The molecule has 0 aliphatic rings. The van der Waals surface area contributed by atoms with Crippen molar-refractivity contribution in [2.75, 3.05) is 0 Å². The van der Waals surface area contributed by atoms with Gasteiger partial charge in [-0.3, -0.25) is 19.4 Å². The fraction of sp³-hybridized carbons (Fsp3) is 0.364. The zero-order valence-electron chi connectivity index (χ0n) is 10.5. The molecule has 0 aliphatic heterocycles. The standard InChI is InChI=1S/C11H14N4O3S/c1-6(12)8(7-4-3-5-18-7)19-11-13-9(16)10(17)14-15(11)2/h3-6,8H,12H2,1-2H3,(H,14,17). The minimum absolute atomic E-state index is 0.195. The van der Waals surface area contributed by atoms with E-state index in [2.05, 4.69) is 10.1 Å². The minimum Gasteiger partial charge on any atom is -0.468 e. The second-order valence-electron chi connectivity index (χ2n) is 4.11. The Kier molecular flexibility index (Phi) is 3.91. The summed E-state index contributed by atoms with van der Waals surface area (Å²) in [7, 11) is 1.61. The highest BCUT2D eigenvalue weighted by atomic mass is 32.2. The first kappa shape index (κ1) is 13.6. The van der Waals surface area contributed by atoms with Gasteiger partial charge in [-0.25, -0.2) is 0 Å². The first-order valence-corrected chi connectivity index (χ1v) is 6.50. The summed E-state index contributed by atoms with van der Waals surface area (Å²) in [6, 6.07) is 3.37. The third-order valence-corrected chi connectivity index (χ3v) is 3.97. The first-order chi connectivity index (χ1) is 8.99. The van der Waals surface area contributed by atoms with Crippen molar-refractivity contribution >= 4 is 11.8 Å². The highest BCUT2D eigenvalue weighted by Crippen LogP contribution is 2.35. The van der Waals surface area contributed by atoms with Crippen LogP contribution in [0.15, 0.2) is 37.6 Å². The number of H-pyrrole nitrogens is 1. The van der Waals surface area contributed by atoms with Gasteiger partial charge in [-0.15, -0.1) is 0 Å². The zero-order chi connectivity index (χ0) is 14.0. The number of aromatic amines is 1. The molecule has 2 aromatic heterocycles. The van der Waals surface area contributed by atoms with Gasteiger partial charge in [0.2, 0.25) is 0 Å². The van der Waals surface area contributed by atoms with Gasteiger partial charge in [-0.2, -0.15) is 4.98 Å². The second kappa shape index (κ2) is 5.45. The molecule has 0 aliphatic carbocycles. The first-order valence-electron chi connectivity index (χ1n) is 5.62. The van der Waals surface area contributed by atoms with Gasteiger partial charge in [0.05, 0.1) is 11.5 Å². The Hall–Kier alpha value is -1.80. The lowest BCUT2D eigenvalue weighted by molar-refractivity contribution is 0.485. The number of nitrogens with two attached hydrogens (primary N) is 1. The highest BCUT2D eigenvalue weighted by Gasteiger charge is 2.22. The lowest BCUT2D eigenvalue weighted by Crippen LogP contribution is -2.34. The molecule has 2 heterocycles. The maximum atomic E-state index is 11.3. The van der Waals surface area contributed by atoms with Crippen LogP contribution in [0.3, 0.4) is 0 Å². The number of nitrogens with zero attached hydrogens (tertiary/aromatic N) is 2. The van der Waals surface area contributed by atoms with Crippen molar-refractivity contribution in [3.05, 3.63) is 44.9 Å². The summed E-state index contributed by atoms with van der Waals surface area (Å²) >= 11 is 1.27. The summed E-state index contributed by atoms with van der Waals surface area (Å²) < 4.78 is 6.73. The molecule has 2 aromatic rings. The van der Waals surface area contributed by atoms with Crippen LogP contribution in [0.2, 0.25) is 0 Å². The van der Waals surface area contributed by atoms with E-state index in [0.717, 1.165) is 0 Å². The Morgan fingerprint density at radius 1 is 1.53 bits per heavy atom. The molecule has 0 fully saturated rings. The van der Waals surface area contributed by atoms with Crippen LogP contribution in [0.1, 0.15) is 17.9 Å². The number of hydrogen-bond donors (Lipinski definition) is 2. The van der Waals surface area contributed by atoms with Crippen LogP contribution in [0.5, 0.6) is 0 Å². The van der Waals surface area contributed by atoms with Gasteiger partial charge in [0.15, 0.2) is 5.16 Å². The summed E-state index contributed by atoms with van der Waals surface area (Å²) in [5.41, 5.74) is 4.36. The monoisotopic (exact) mass is 282 g/mol. The molecule has 0 saturated heterocycles. The van der Waals surface area contributed by atoms with Gasteiger partial charge >= 0.3 is 11.1 Å². The van der Waals surface area contributed by atoms with Crippen LogP contribution in [-0.2, 0) is 7.05 Å². The molecule has 0 spiro atoms. The molecule has 102 valence electrons. The number of aryl methyl sites for hydroxylation is 1. The van der Waals surface area contributed by atoms with Crippen molar-refractivity contribution in [3.8, 4) is 0 Å². The molecule has 7 nitrogen and oxygen atoms in total. The molecule has 2 unspecified atom stereocenters. The molecule has 0 radical (unpaired) electrons. The minimum atomic E-state index is -0.816. The lowest BCUT2D eigenvalue weighted by Gasteiger charge is -2.18. The van der Waals surface area contributed by atoms with Crippen molar-refractivity contribution in [1.82, 2.24) is 14.8 Å². The van der Waals surface area contributed by atoms with Crippen LogP contribution in [-0.4, -0.2) is 20.8 Å². The van der Waals surface area contributed by atoms with E-state index in [4.69, 9.17) is 10.2 Å². The molecular formula is C11H14N4O3S. The molecule has 0 aromatic carbocycles. The van der Waals surface area contributed by atoms with Gasteiger partial charge < -0.3 is 10.2 Å². The molecule has 8 heteroatoms. The van der Waals surface area contributed by atoms with E-state index in [9.17, 15) is 9.59 Å². The van der Waals surface area contributed by atoms with Crippen molar-refractivity contribution in [2.24, 2.45) is 12.8 Å². The summed E-state index contributed by atoms with van der Waals surface area (Å²) in [5.74, 6) is 0.695. The van der Waals surface area contributed by atoms with Crippen molar-refractivity contribution in [3.63, 3.8) is 0 Å². The fourth-order valence-corrected chi connectivity index (χ4v) is 2.59. The Labute approximate surface area is 112 Å². The number of rotatable bonds is 4. The van der Waals surface area contributed by atoms with Crippen molar-refractivity contribution in [2.45, 2.75) is 23.4 Å². The van der Waals surface area contributed by atoms with E-state index in [1.807, 2.05) is 13.0 Å². The second-order valence-corrected chi connectivity index (χ2v) is 5.22. The summed E-state index contributed by atoms with van der Waals surface area (Å²) in [4.78, 5) is 26.2. The molecule has 0 saturated carbocycles. The average Bonchev–Trinajstić information content (AvgIpc) is 2.85. The van der Waals surface area contributed by atoms with Crippen LogP contribution in [0.4, 0.5) is 0 Å². The maximum Gasteiger partial charge on any atom is 0.339 e. The molecule has 19 heavy (non-hydrogen) atoms.